The maximum Gasteiger partial charge on any atom is 0.256 e. The first-order valence-corrected chi connectivity index (χ1v) is 36.0. The van der Waals surface area contributed by atoms with Gasteiger partial charge in [0.05, 0.1) is 27.9 Å². The van der Waals surface area contributed by atoms with Crippen molar-refractivity contribution in [1.29, 1.82) is 0 Å². The topological polar surface area (TPSA) is 171 Å². The van der Waals surface area contributed by atoms with E-state index in [4.69, 9.17) is 28.2 Å². The van der Waals surface area contributed by atoms with E-state index in [1.54, 1.807) is 28.9 Å². The van der Waals surface area contributed by atoms with E-state index in [1.165, 1.54) is 75.0 Å². The number of fused-ring (bicyclic) bond motifs is 1. The number of hydrogen-bond acceptors (Lipinski definition) is 12. The first-order chi connectivity index (χ1) is 45.3. The Labute approximate surface area is 560 Å². The van der Waals surface area contributed by atoms with Crippen molar-refractivity contribution in [2.45, 2.75) is 191 Å². The number of carbonyl (C=O) groups excluding carboxylic acids is 3. The van der Waals surface area contributed by atoms with Gasteiger partial charge in [-0.1, -0.05) is 98.1 Å². The molecule has 0 radical (unpaired) electrons. The van der Waals surface area contributed by atoms with Crippen LogP contribution in [0.4, 0.5) is 8.78 Å². The van der Waals surface area contributed by atoms with E-state index in [-0.39, 0.29) is 40.3 Å². The number of carbonyl (C=O) groups is 3. The van der Waals surface area contributed by atoms with Crippen LogP contribution in [0.5, 0.6) is 0 Å². The molecule has 7 aromatic rings. The standard InChI is InChI=1S/C37H48ClN7OS.C35H43ClF2N6O2/c38-29-12-10-27(11-13-29)22-33(42-31-16-14-30(15-17-31)40-23-35-43-32-8-4-5-9-34(32)47-35)36(46)44-20-18-37(19-21-44,24-45-26-39-25-41-45)28-6-2-1-3-7-28;36-27-8-6-25(7-9-27)20-32(41-29-12-16-42(17-13-29)33(45)30-11-10-28(37)21-31(30)38)34(46)43-18-14-35(15-19-43,22-44-24-39-23-40-44)26-4-2-1-3-5-26/h4-5,8-13,25-26,28,30-31,33,40,42H,1-3,6-7,14-24H2;6-11,21,23-24,26,29,32,41H,1-5,12-20,22H2/t30-,31+,33-;32-/m11/s1. The summed E-state index contributed by atoms with van der Waals surface area (Å²) in [7, 11) is 0. The molecule has 3 N–H and O–H groups in total. The number of amides is 3. The molecule has 0 spiro atoms. The van der Waals surface area contributed by atoms with Crippen molar-refractivity contribution in [3.63, 3.8) is 0 Å². The molecule has 16 nitrogen and oxygen atoms in total. The summed E-state index contributed by atoms with van der Waals surface area (Å²) in [4.78, 5) is 60.6. The first kappa shape index (κ1) is 66.8. The molecule has 0 unspecified atom stereocenters. The highest BCUT2D eigenvalue weighted by Gasteiger charge is 2.46. The van der Waals surface area contributed by atoms with E-state index >= 15 is 0 Å². The van der Waals surface area contributed by atoms with Crippen molar-refractivity contribution < 1.29 is 23.2 Å². The smallest absolute Gasteiger partial charge is 0.256 e. The summed E-state index contributed by atoms with van der Waals surface area (Å²) >= 11 is 14.2. The van der Waals surface area contributed by atoms with Crippen molar-refractivity contribution in [2.24, 2.45) is 22.7 Å². The molecular formula is C72H91Cl2F2N13O3S. The fourth-order valence-corrected chi connectivity index (χ4v) is 17.5. The number of thiazole rings is 1. The van der Waals surface area contributed by atoms with Gasteiger partial charge in [-0.3, -0.25) is 23.7 Å². The molecule has 0 bridgehead atoms. The number of nitrogens with one attached hydrogen (secondary N) is 3. The highest BCUT2D eigenvalue weighted by Crippen LogP contribution is 2.49. The van der Waals surface area contributed by atoms with Crippen LogP contribution in [0.15, 0.2) is 116 Å². The number of para-hydroxylation sites is 1. The van der Waals surface area contributed by atoms with Gasteiger partial charge in [-0.25, -0.2) is 23.7 Å². The lowest BCUT2D eigenvalue weighted by atomic mass is 9.63. The third-order valence-electron chi connectivity index (χ3n) is 21.7. The number of halogens is 4. The Bertz CT molecular complexity index is 3470. The molecule has 3 aromatic heterocycles. The van der Waals surface area contributed by atoms with Crippen LogP contribution in [0.1, 0.15) is 155 Å². The Morgan fingerprint density at radius 2 is 1.04 bits per heavy atom. The highest BCUT2D eigenvalue weighted by atomic mass is 35.5. The van der Waals surface area contributed by atoms with Gasteiger partial charge in [0.25, 0.3) is 5.91 Å². The van der Waals surface area contributed by atoms with Crippen LogP contribution in [0.2, 0.25) is 10.0 Å². The largest absolute Gasteiger partial charge is 0.341 e. The predicted molar refractivity (Wildman–Crippen MR) is 362 cm³/mol. The zero-order valence-corrected chi connectivity index (χ0v) is 55.9. The Morgan fingerprint density at radius 1 is 0.559 bits per heavy atom. The molecule has 93 heavy (non-hydrogen) atoms. The third-order valence-corrected chi connectivity index (χ3v) is 23.2. The van der Waals surface area contributed by atoms with E-state index in [9.17, 15) is 23.2 Å². The molecule has 6 heterocycles. The number of aromatic nitrogens is 7. The second-order valence-electron chi connectivity index (χ2n) is 27.5. The molecule has 6 fully saturated rings. The Morgan fingerprint density at radius 3 is 1.52 bits per heavy atom. The Hall–Kier alpha value is -6.22. The molecule has 496 valence electrons. The number of likely N-dealkylation sites (tertiary alicyclic amines) is 3. The number of piperidine rings is 3. The van der Waals surface area contributed by atoms with Crippen LogP contribution in [0.3, 0.4) is 0 Å². The summed E-state index contributed by atoms with van der Waals surface area (Å²) in [5.41, 5.74) is 3.42. The monoisotopic (exact) mass is 1330 g/mol. The van der Waals surface area contributed by atoms with Gasteiger partial charge in [0.2, 0.25) is 11.8 Å². The van der Waals surface area contributed by atoms with Crippen LogP contribution in [-0.4, -0.2) is 136 Å². The molecule has 13 rings (SSSR count). The summed E-state index contributed by atoms with van der Waals surface area (Å²) in [6.45, 7) is 6.44. The van der Waals surface area contributed by atoms with E-state index in [1.807, 2.05) is 63.3 Å². The lowest BCUT2D eigenvalue weighted by molar-refractivity contribution is -0.138. The highest BCUT2D eigenvalue weighted by molar-refractivity contribution is 7.18. The lowest BCUT2D eigenvalue weighted by Gasteiger charge is -2.48. The summed E-state index contributed by atoms with van der Waals surface area (Å²) < 4.78 is 32.9. The summed E-state index contributed by atoms with van der Waals surface area (Å²) in [5, 5.41) is 22.7. The van der Waals surface area contributed by atoms with E-state index in [0.717, 1.165) is 123 Å². The van der Waals surface area contributed by atoms with Crippen molar-refractivity contribution >= 4 is 62.5 Å². The van der Waals surface area contributed by atoms with Gasteiger partial charge in [-0.2, -0.15) is 10.2 Å². The maximum atomic E-state index is 14.3. The average Bonchev–Trinajstić information content (AvgIpc) is 2.00. The molecule has 3 saturated heterocycles. The predicted octanol–water partition coefficient (Wildman–Crippen LogP) is 12.9. The van der Waals surface area contributed by atoms with Crippen molar-refractivity contribution in [1.82, 2.24) is 65.2 Å². The zero-order chi connectivity index (χ0) is 64.2. The van der Waals surface area contributed by atoms with Crippen molar-refractivity contribution in [2.75, 3.05) is 39.3 Å². The van der Waals surface area contributed by atoms with Crippen molar-refractivity contribution in [3.05, 3.63) is 160 Å². The Kier molecular flexibility index (Phi) is 22.7. The van der Waals surface area contributed by atoms with Gasteiger partial charge in [0.1, 0.15) is 42.0 Å². The normalized spacial score (nSPS) is 21.4. The number of nitrogens with zero attached hydrogens (tertiary/aromatic N) is 10. The molecule has 6 aliphatic rings. The third kappa shape index (κ3) is 17.3. The van der Waals surface area contributed by atoms with Gasteiger partial charge in [0.15, 0.2) is 0 Å². The second kappa shape index (κ2) is 31.6. The number of rotatable bonds is 20. The molecule has 2 atom stereocenters. The lowest BCUT2D eigenvalue weighted by Crippen LogP contribution is -2.56. The Balaban J connectivity index is 0.000000179. The van der Waals surface area contributed by atoms with Crippen LogP contribution < -0.4 is 16.0 Å². The molecule has 3 aliphatic heterocycles. The van der Waals surface area contributed by atoms with E-state index < -0.39 is 23.6 Å². The van der Waals surface area contributed by atoms with Crippen LogP contribution in [-0.2, 0) is 42.1 Å². The second-order valence-corrected chi connectivity index (χ2v) is 29.5. The zero-order valence-electron chi connectivity index (χ0n) is 53.5. The number of benzene rings is 4. The summed E-state index contributed by atoms with van der Waals surface area (Å²) in [6, 6.07) is 27.2. The van der Waals surface area contributed by atoms with Gasteiger partial charge in [0, 0.05) is 93.1 Å². The molecular weight excluding hydrogens is 1240 g/mol. The molecule has 4 aromatic carbocycles. The fourth-order valence-electron chi connectivity index (χ4n) is 16.4. The van der Waals surface area contributed by atoms with Crippen LogP contribution >= 0.6 is 34.5 Å². The van der Waals surface area contributed by atoms with Gasteiger partial charge >= 0.3 is 0 Å². The van der Waals surface area contributed by atoms with Crippen LogP contribution in [0.25, 0.3) is 10.2 Å². The molecule has 21 heteroatoms. The number of hydrogen-bond donors (Lipinski definition) is 3. The molecule has 3 saturated carbocycles. The minimum atomic E-state index is -0.853. The summed E-state index contributed by atoms with van der Waals surface area (Å²) in [6.07, 6.45) is 30.5. The van der Waals surface area contributed by atoms with Gasteiger partial charge in [-0.15, -0.1) is 11.3 Å². The first-order valence-electron chi connectivity index (χ1n) is 34.4. The maximum absolute atomic E-state index is 14.3. The molecule has 3 aliphatic carbocycles. The van der Waals surface area contributed by atoms with E-state index in [0.29, 0.717) is 80.8 Å². The molecule has 3 amide bonds. The van der Waals surface area contributed by atoms with Crippen molar-refractivity contribution in [3.8, 4) is 0 Å². The fraction of sp³-hybridized carbons (Fsp3) is 0.556. The van der Waals surface area contributed by atoms with Gasteiger partial charge in [-0.05, 0) is 185 Å². The van der Waals surface area contributed by atoms with Gasteiger partial charge < -0.3 is 30.7 Å². The minimum absolute atomic E-state index is 0.0156. The average molecular weight is 1330 g/mol. The van der Waals surface area contributed by atoms with E-state index in [2.05, 4.69) is 77.4 Å². The quantitative estimate of drug-likeness (QED) is 0.0663. The van der Waals surface area contributed by atoms with Crippen LogP contribution in [0, 0.1) is 34.3 Å². The SMILES string of the molecule is O=C([C@@H](Cc1ccc(Cl)cc1)N[C@H]1CC[C@@H](NCc2nc3ccccc3s2)CC1)N1CCC(Cn2cncn2)(C2CCCCC2)CC1.O=C(c1ccc(F)cc1F)N1CCC(N[C@H](Cc2ccc(Cl)cc2)C(=O)N2CCC(Cn3cncn3)(C3CCCCC3)CC2)CC1. The minimum Gasteiger partial charge on any atom is -0.341 e. The summed E-state index contributed by atoms with van der Waals surface area (Å²) in [5.74, 6) is -0.341.